The Labute approximate surface area is 133 Å². The van der Waals surface area contributed by atoms with Gasteiger partial charge in [0, 0.05) is 13.6 Å². The summed E-state index contributed by atoms with van der Waals surface area (Å²) in [6.07, 6.45) is 1.65. The lowest BCUT2D eigenvalue weighted by Crippen LogP contribution is -2.45. The largest absolute Gasteiger partial charge is 0.334 e. The Hall–Kier alpha value is -1.40. The molecule has 1 aromatic rings. The maximum absolute atomic E-state index is 12.6. The summed E-state index contributed by atoms with van der Waals surface area (Å²) in [7, 11) is -1.86. The van der Waals surface area contributed by atoms with Crippen molar-refractivity contribution in [3.8, 4) is 0 Å². The van der Waals surface area contributed by atoms with Crippen LogP contribution in [0.2, 0.25) is 0 Å². The zero-order valence-electron chi connectivity index (χ0n) is 13.4. The molecule has 22 heavy (non-hydrogen) atoms. The van der Waals surface area contributed by atoms with E-state index in [0.29, 0.717) is 6.54 Å². The fourth-order valence-electron chi connectivity index (χ4n) is 2.99. The minimum absolute atomic E-state index is 0.0107. The minimum Gasteiger partial charge on any atom is -0.334 e. The molecule has 0 N–H and O–H groups in total. The van der Waals surface area contributed by atoms with E-state index in [4.69, 9.17) is 0 Å². The SMILES string of the molecule is CCC1c2ccccc2CCN1C(=O)CN(C)S(=O)(=O)CC. The molecule has 6 heteroatoms. The Morgan fingerprint density at radius 3 is 2.64 bits per heavy atom. The maximum atomic E-state index is 12.6. The number of hydrogen-bond acceptors (Lipinski definition) is 3. The number of amides is 1. The molecule has 0 bridgehead atoms. The summed E-state index contributed by atoms with van der Waals surface area (Å²) in [5.74, 6) is -0.113. The van der Waals surface area contributed by atoms with Crippen LogP contribution in [0.3, 0.4) is 0 Å². The number of sulfonamides is 1. The average molecular weight is 324 g/mol. The topological polar surface area (TPSA) is 57.7 Å². The van der Waals surface area contributed by atoms with Crippen LogP contribution in [-0.4, -0.2) is 49.4 Å². The molecule has 0 saturated carbocycles. The molecule has 1 unspecified atom stereocenters. The highest BCUT2D eigenvalue weighted by Crippen LogP contribution is 2.32. The van der Waals surface area contributed by atoms with E-state index < -0.39 is 10.0 Å². The summed E-state index contributed by atoms with van der Waals surface area (Å²) in [6.45, 7) is 4.20. The van der Waals surface area contributed by atoms with Gasteiger partial charge >= 0.3 is 0 Å². The Balaban J connectivity index is 2.17. The Morgan fingerprint density at radius 2 is 2.00 bits per heavy atom. The Morgan fingerprint density at radius 1 is 1.32 bits per heavy atom. The van der Waals surface area contributed by atoms with E-state index in [9.17, 15) is 13.2 Å². The van der Waals surface area contributed by atoms with Crippen LogP contribution < -0.4 is 0 Å². The van der Waals surface area contributed by atoms with Crippen LogP contribution in [0.5, 0.6) is 0 Å². The van der Waals surface area contributed by atoms with Crippen LogP contribution >= 0.6 is 0 Å². The number of nitrogens with zero attached hydrogens (tertiary/aromatic N) is 2. The molecule has 1 aliphatic heterocycles. The van der Waals surface area contributed by atoms with Crippen molar-refractivity contribution in [2.45, 2.75) is 32.7 Å². The predicted octanol–water partition coefficient (Wildman–Crippen LogP) is 1.80. The van der Waals surface area contributed by atoms with Crippen LogP contribution in [0.15, 0.2) is 24.3 Å². The van der Waals surface area contributed by atoms with Crippen LogP contribution in [0, 0.1) is 0 Å². The molecule has 1 amide bonds. The van der Waals surface area contributed by atoms with Crippen LogP contribution in [0.25, 0.3) is 0 Å². The average Bonchev–Trinajstić information content (AvgIpc) is 2.53. The van der Waals surface area contributed by atoms with Gasteiger partial charge in [-0.05, 0) is 30.9 Å². The van der Waals surface area contributed by atoms with Crippen LogP contribution in [-0.2, 0) is 21.2 Å². The Bertz CT molecular complexity index is 643. The van der Waals surface area contributed by atoms with Gasteiger partial charge in [0.05, 0.1) is 18.3 Å². The van der Waals surface area contributed by atoms with Gasteiger partial charge in [0.1, 0.15) is 0 Å². The summed E-state index contributed by atoms with van der Waals surface area (Å²) >= 11 is 0. The first kappa shape index (κ1) is 17.0. The molecule has 0 radical (unpaired) electrons. The number of carbonyl (C=O) groups is 1. The zero-order valence-corrected chi connectivity index (χ0v) is 14.3. The van der Waals surface area contributed by atoms with Gasteiger partial charge in [0.15, 0.2) is 0 Å². The van der Waals surface area contributed by atoms with E-state index in [1.807, 2.05) is 17.0 Å². The molecule has 0 fully saturated rings. The zero-order chi connectivity index (χ0) is 16.3. The first-order chi connectivity index (χ1) is 10.4. The second kappa shape index (κ2) is 6.79. The molecule has 1 heterocycles. The Kier molecular flexibility index (Phi) is 5.24. The van der Waals surface area contributed by atoms with Crippen molar-refractivity contribution in [2.24, 2.45) is 0 Å². The fraction of sp³-hybridized carbons (Fsp3) is 0.562. The fourth-order valence-corrected chi connectivity index (χ4v) is 3.74. The summed E-state index contributed by atoms with van der Waals surface area (Å²) in [5, 5.41) is 0. The lowest BCUT2D eigenvalue weighted by Gasteiger charge is -2.37. The lowest BCUT2D eigenvalue weighted by atomic mass is 9.91. The van der Waals surface area contributed by atoms with Crippen molar-refractivity contribution < 1.29 is 13.2 Å². The molecule has 1 aliphatic rings. The lowest BCUT2D eigenvalue weighted by molar-refractivity contribution is -0.134. The normalized spacial score (nSPS) is 18.4. The van der Waals surface area contributed by atoms with E-state index in [1.54, 1.807) is 6.92 Å². The summed E-state index contributed by atoms with van der Waals surface area (Å²) in [4.78, 5) is 14.4. The number of carbonyl (C=O) groups excluding carboxylic acids is 1. The van der Waals surface area contributed by atoms with Crippen molar-refractivity contribution in [2.75, 3.05) is 25.9 Å². The molecule has 0 aliphatic carbocycles. The van der Waals surface area contributed by atoms with Gasteiger partial charge in [0.25, 0.3) is 0 Å². The van der Waals surface area contributed by atoms with Crippen molar-refractivity contribution >= 4 is 15.9 Å². The van der Waals surface area contributed by atoms with Crippen molar-refractivity contribution in [3.63, 3.8) is 0 Å². The maximum Gasteiger partial charge on any atom is 0.238 e. The molecule has 0 spiro atoms. The molecule has 122 valence electrons. The smallest absolute Gasteiger partial charge is 0.238 e. The molecule has 0 aromatic heterocycles. The summed E-state index contributed by atoms with van der Waals surface area (Å²) in [5.41, 5.74) is 2.47. The number of hydrogen-bond donors (Lipinski definition) is 0. The third-order valence-corrected chi connectivity index (χ3v) is 6.13. The van der Waals surface area contributed by atoms with Gasteiger partial charge < -0.3 is 4.90 Å². The molecule has 2 rings (SSSR count). The second-order valence-corrected chi connectivity index (χ2v) is 7.98. The third-order valence-electron chi connectivity index (χ3n) is 4.32. The third kappa shape index (κ3) is 3.33. The summed E-state index contributed by atoms with van der Waals surface area (Å²) in [6, 6.07) is 8.21. The van der Waals surface area contributed by atoms with Gasteiger partial charge in [-0.3, -0.25) is 4.79 Å². The molecule has 0 saturated heterocycles. The summed E-state index contributed by atoms with van der Waals surface area (Å²) < 4.78 is 24.8. The van der Waals surface area contributed by atoms with Gasteiger partial charge in [0.2, 0.25) is 15.9 Å². The van der Waals surface area contributed by atoms with Crippen molar-refractivity contribution in [3.05, 3.63) is 35.4 Å². The van der Waals surface area contributed by atoms with E-state index in [0.717, 1.165) is 17.1 Å². The number of rotatable bonds is 5. The quantitative estimate of drug-likeness (QED) is 0.830. The minimum atomic E-state index is -3.33. The van der Waals surface area contributed by atoms with E-state index >= 15 is 0 Å². The highest BCUT2D eigenvalue weighted by Gasteiger charge is 2.31. The molecule has 5 nitrogen and oxygen atoms in total. The highest BCUT2D eigenvalue weighted by atomic mass is 32.2. The first-order valence-corrected chi connectivity index (χ1v) is 9.32. The monoisotopic (exact) mass is 324 g/mol. The number of benzene rings is 1. The van der Waals surface area contributed by atoms with Crippen LogP contribution in [0.1, 0.15) is 37.4 Å². The molecular weight excluding hydrogens is 300 g/mol. The van der Waals surface area contributed by atoms with E-state index in [1.165, 1.54) is 18.2 Å². The number of fused-ring (bicyclic) bond motifs is 1. The van der Waals surface area contributed by atoms with Crippen molar-refractivity contribution in [1.29, 1.82) is 0 Å². The van der Waals surface area contributed by atoms with Gasteiger partial charge in [-0.1, -0.05) is 31.2 Å². The molecule has 1 aromatic carbocycles. The first-order valence-electron chi connectivity index (χ1n) is 7.72. The highest BCUT2D eigenvalue weighted by molar-refractivity contribution is 7.89. The van der Waals surface area contributed by atoms with Gasteiger partial charge in [-0.15, -0.1) is 0 Å². The van der Waals surface area contributed by atoms with Crippen molar-refractivity contribution in [1.82, 2.24) is 9.21 Å². The molecule has 1 atom stereocenters. The van der Waals surface area contributed by atoms with Crippen LogP contribution in [0.4, 0.5) is 0 Å². The van der Waals surface area contributed by atoms with Gasteiger partial charge in [-0.2, -0.15) is 4.31 Å². The standard InChI is InChI=1S/C16H24N2O3S/c1-4-15-14-9-7-6-8-13(14)10-11-18(15)16(19)12-17(3)22(20,21)5-2/h6-9,15H,4-5,10-12H2,1-3H3. The second-order valence-electron chi connectivity index (χ2n) is 5.62. The molecular formula is C16H24N2O3S. The number of likely N-dealkylation sites (N-methyl/N-ethyl adjacent to an activating group) is 1. The van der Waals surface area contributed by atoms with E-state index in [2.05, 4.69) is 19.1 Å². The van der Waals surface area contributed by atoms with E-state index in [-0.39, 0.29) is 24.2 Å². The predicted molar refractivity (Wildman–Crippen MR) is 87.0 cm³/mol. The van der Waals surface area contributed by atoms with Gasteiger partial charge in [-0.25, -0.2) is 8.42 Å².